The molecule has 4 fully saturated rings. The van der Waals surface area contributed by atoms with E-state index in [2.05, 4.69) is 135 Å². The Morgan fingerprint density at radius 2 is 0.702 bits per heavy atom. The summed E-state index contributed by atoms with van der Waals surface area (Å²) in [6, 6.07) is 37.7. The summed E-state index contributed by atoms with van der Waals surface area (Å²) >= 11 is 0. The number of nitrogens with zero attached hydrogens (tertiary/aromatic N) is 2. The van der Waals surface area contributed by atoms with Crippen LogP contribution in [0.5, 0.6) is 0 Å². The number of hydrogen-bond donors (Lipinski definition) is 0. The van der Waals surface area contributed by atoms with Gasteiger partial charge in [-0.25, -0.2) is 12.1 Å². The van der Waals surface area contributed by atoms with E-state index in [0.717, 1.165) is 22.6 Å². The molecule has 4 aromatic rings. The molecule has 4 saturated carbocycles. The molecule has 0 spiro atoms. The van der Waals surface area contributed by atoms with Crippen LogP contribution >= 0.6 is 15.8 Å². The quantitative estimate of drug-likeness (QED) is 0.0796. The molecular formula is C52H74FeN2P2. The zero-order valence-electron chi connectivity index (χ0n) is 36.0. The van der Waals surface area contributed by atoms with Gasteiger partial charge in [-0.3, -0.25) is 0 Å². The first-order valence-electron chi connectivity index (χ1n) is 23.0. The summed E-state index contributed by atoms with van der Waals surface area (Å²) in [5.74, 6) is 0. The number of hydrogen-bond acceptors (Lipinski definition) is 2. The molecule has 4 aliphatic rings. The topological polar surface area (TPSA) is 6.48 Å². The molecule has 0 aliphatic heterocycles. The molecular weight excluding hydrogens is 770 g/mol. The van der Waals surface area contributed by atoms with Gasteiger partial charge in [0.05, 0.1) is 0 Å². The summed E-state index contributed by atoms with van der Waals surface area (Å²) in [5.41, 5.74) is 9.91. The van der Waals surface area contributed by atoms with Gasteiger partial charge in [0, 0.05) is 12.1 Å². The van der Waals surface area contributed by atoms with E-state index in [1.165, 1.54) is 140 Å². The van der Waals surface area contributed by atoms with Crippen LogP contribution in [0.25, 0.3) is 0 Å². The maximum absolute atomic E-state index is 2.52. The van der Waals surface area contributed by atoms with Crippen LogP contribution < -0.4 is 10.6 Å². The van der Waals surface area contributed by atoms with Crippen molar-refractivity contribution in [2.24, 2.45) is 0 Å². The van der Waals surface area contributed by atoms with E-state index in [-0.39, 0.29) is 32.9 Å². The zero-order chi connectivity index (χ0) is 38.7. The van der Waals surface area contributed by atoms with E-state index in [1.807, 2.05) is 0 Å². The van der Waals surface area contributed by atoms with E-state index in [1.54, 1.807) is 21.7 Å². The fraction of sp³-hybridized carbons (Fsp3) is 0.577. The van der Waals surface area contributed by atoms with E-state index >= 15 is 0 Å². The van der Waals surface area contributed by atoms with E-state index < -0.39 is 0 Å². The average Bonchev–Trinajstić information content (AvgIpc) is 3.91. The Kier molecular flexibility index (Phi) is 18.1. The van der Waals surface area contributed by atoms with Crippen LogP contribution in [-0.4, -0.2) is 60.6 Å². The zero-order valence-corrected chi connectivity index (χ0v) is 38.9. The van der Waals surface area contributed by atoms with E-state index in [4.69, 9.17) is 0 Å². The van der Waals surface area contributed by atoms with Crippen molar-refractivity contribution in [3.63, 3.8) is 0 Å². The van der Waals surface area contributed by atoms with Gasteiger partial charge in [0.2, 0.25) is 0 Å². The Morgan fingerprint density at radius 3 is 0.965 bits per heavy atom. The Morgan fingerprint density at radius 1 is 0.421 bits per heavy atom. The smallest absolute Gasteiger partial charge is 0.310 e. The summed E-state index contributed by atoms with van der Waals surface area (Å²) in [4.78, 5) is 4.84. The molecule has 0 radical (unpaired) electrons. The van der Waals surface area contributed by atoms with Gasteiger partial charge >= 0.3 is 17.1 Å². The van der Waals surface area contributed by atoms with Crippen molar-refractivity contribution in [3.8, 4) is 0 Å². The molecule has 2 nitrogen and oxygen atoms in total. The van der Waals surface area contributed by atoms with Gasteiger partial charge in [0.15, 0.2) is 0 Å². The van der Waals surface area contributed by atoms with Crippen LogP contribution in [0.15, 0.2) is 97.1 Å². The summed E-state index contributed by atoms with van der Waals surface area (Å²) in [7, 11) is 8.89. The maximum Gasteiger partial charge on any atom is 2.00 e. The minimum atomic E-state index is -0.0501. The van der Waals surface area contributed by atoms with Gasteiger partial charge < -0.3 is 9.80 Å². The van der Waals surface area contributed by atoms with Crippen molar-refractivity contribution in [3.05, 3.63) is 119 Å². The van der Waals surface area contributed by atoms with Crippen molar-refractivity contribution >= 4 is 26.5 Å². The molecule has 57 heavy (non-hydrogen) atoms. The van der Waals surface area contributed by atoms with Crippen molar-refractivity contribution in [1.29, 1.82) is 0 Å². The molecule has 0 N–H and O–H groups in total. The fourth-order valence-corrected chi connectivity index (χ4v) is 19.3. The third-order valence-corrected chi connectivity index (χ3v) is 21.1. The first-order valence-corrected chi connectivity index (χ1v) is 26.0. The van der Waals surface area contributed by atoms with Crippen molar-refractivity contribution < 1.29 is 17.1 Å². The van der Waals surface area contributed by atoms with Crippen molar-refractivity contribution in [2.75, 3.05) is 28.2 Å². The van der Waals surface area contributed by atoms with Gasteiger partial charge in [-0.05, 0) is 113 Å². The molecule has 0 bridgehead atoms. The molecule has 2 atom stereocenters. The summed E-state index contributed by atoms with van der Waals surface area (Å²) < 4.78 is 0. The maximum atomic E-state index is 2.52. The van der Waals surface area contributed by atoms with Crippen molar-refractivity contribution in [2.45, 2.75) is 163 Å². The molecule has 0 heterocycles. The third kappa shape index (κ3) is 11.4. The molecule has 0 unspecified atom stereocenters. The third-order valence-electron chi connectivity index (χ3n) is 13.9. The molecule has 8 rings (SSSR count). The van der Waals surface area contributed by atoms with Crippen LogP contribution in [-0.2, 0) is 17.1 Å². The summed E-state index contributed by atoms with van der Waals surface area (Å²) in [5, 5.41) is 3.49. The van der Waals surface area contributed by atoms with Crippen LogP contribution in [0.3, 0.4) is 0 Å². The van der Waals surface area contributed by atoms with Gasteiger partial charge in [0.25, 0.3) is 0 Å². The Hall–Kier alpha value is -1.56. The normalized spacial score (nSPS) is 20.4. The second kappa shape index (κ2) is 22.9. The monoisotopic (exact) mass is 844 g/mol. The predicted octanol–water partition coefficient (Wildman–Crippen LogP) is 13.7. The minimum absolute atomic E-state index is 0. The van der Waals surface area contributed by atoms with E-state index in [9.17, 15) is 0 Å². The predicted molar refractivity (Wildman–Crippen MR) is 249 cm³/mol. The van der Waals surface area contributed by atoms with Gasteiger partial charge in [0.1, 0.15) is 0 Å². The first kappa shape index (κ1) is 45.0. The van der Waals surface area contributed by atoms with Crippen LogP contribution in [0, 0.1) is 0 Å². The summed E-state index contributed by atoms with van der Waals surface area (Å²) in [6.45, 7) is 0. The molecule has 0 amide bonds. The number of rotatable bonds is 12. The summed E-state index contributed by atoms with van der Waals surface area (Å²) in [6.07, 6.45) is 29.3. The Bertz CT molecular complexity index is 1510. The molecule has 310 valence electrons. The van der Waals surface area contributed by atoms with Gasteiger partial charge in [-0.15, -0.1) is 10.6 Å². The van der Waals surface area contributed by atoms with E-state index in [0.29, 0.717) is 12.1 Å². The van der Waals surface area contributed by atoms with Crippen molar-refractivity contribution in [1.82, 2.24) is 9.80 Å². The van der Waals surface area contributed by atoms with Crippen LogP contribution in [0.4, 0.5) is 0 Å². The Labute approximate surface area is 362 Å². The fourth-order valence-electron chi connectivity index (χ4n) is 11.4. The Balaban J connectivity index is 0.000000189. The van der Waals surface area contributed by atoms with Gasteiger partial charge in [-0.1, -0.05) is 154 Å². The minimum Gasteiger partial charge on any atom is -0.310 e. The first-order chi connectivity index (χ1) is 27.5. The SMILES string of the molecule is CN(C)[C@H](c1ccccc1)c1cc[cH-]c1P(C1CCCCC1)C1CCCCC1.CN(C)[C@H](c1ccccc1)c1cc[cH-]c1P(C1CCCCC1)C1CCCCC1.[Fe+2]. The second-order valence-corrected chi connectivity index (χ2v) is 23.8. The van der Waals surface area contributed by atoms with Crippen LogP contribution in [0.2, 0.25) is 0 Å². The largest absolute Gasteiger partial charge is 2.00 e. The number of benzene rings is 2. The second-order valence-electron chi connectivity index (χ2n) is 18.3. The molecule has 5 heteroatoms. The molecule has 0 aromatic heterocycles. The molecule has 4 aliphatic carbocycles. The molecule has 0 saturated heterocycles. The average molecular weight is 845 g/mol. The van der Waals surface area contributed by atoms with Crippen LogP contribution in [0.1, 0.15) is 163 Å². The van der Waals surface area contributed by atoms with Gasteiger partial charge in [-0.2, -0.15) is 35.4 Å². The standard InChI is InChI=1S/2C26H37NP.Fe/c2*1-27(2)26(21-13-6-3-7-14-21)24-19-12-20-25(24)28(22-15-8-4-9-16-22)23-17-10-5-11-18-23;/h2*3,6-7,12-14,19-20,22-23,26H,4-5,8-11,15-18H2,1-2H3;/q2*-1;+2/t2*26-;/m11./s1. The molecule has 4 aromatic carbocycles.